The largest absolute Gasteiger partial charge is 0.462 e. The van der Waals surface area contributed by atoms with Gasteiger partial charge in [0, 0.05) is 12.3 Å². The molecule has 102 valence electrons. The molecule has 3 nitrogen and oxygen atoms in total. The van der Waals surface area contributed by atoms with E-state index in [0.717, 1.165) is 5.56 Å². The Morgan fingerprint density at radius 2 is 1.89 bits per heavy atom. The van der Waals surface area contributed by atoms with Gasteiger partial charge in [0.05, 0.1) is 12.2 Å². The number of ether oxygens (including phenoxy) is 1. The van der Waals surface area contributed by atoms with Crippen molar-refractivity contribution < 1.29 is 14.3 Å². The average Bonchev–Trinajstić information content (AvgIpc) is 2.46. The minimum Gasteiger partial charge on any atom is -0.462 e. The number of esters is 1. The third-order valence-corrected chi connectivity index (χ3v) is 2.93. The van der Waals surface area contributed by atoms with Gasteiger partial charge in [-0.2, -0.15) is 0 Å². The zero-order valence-corrected chi connectivity index (χ0v) is 11.5. The fraction of sp³-hybridized carbons (Fsp3) is 0.333. The second-order valence-corrected chi connectivity index (χ2v) is 4.36. The summed E-state index contributed by atoms with van der Waals surface area (Å²) in [5, 5.41) is 0. The van der Waals surface area contributed by atoms with Gasteiger partial charge < -0.3 is 4.74 Å². The van der Waals surface area contributed by atoms with Gasteiger partial charge >= 0.3 is 5.97 Å². The molecular weight excluding hydrogens is 264 g/mol. The second-order valence-electron chi connectivity index (χ2n) is 4.09. The van der Waals surface area contributed by atoms with Crippen LogP contribution in [-0.2, 0) is 15.4 Å². The number of carbonyl (C=O) groups excluding carboxylic acids is 2. The molecule has 1 aromatic rings. The lowest BCUT2D eigenvalue weighted by atomic mass is 10.1. The summed E-state index contributed by atoms with van der Waals surface area (Å²) in [5.74, 6) is 0.0892. The van der Waals surface area contributed by atoms with Crippen molar-refractivity contribution in [3.05, 3.63) is 48.0 Å². The van der Waals surface area contributed by atoms with E-state index < -0.39 is 0 Å². The van der Waals surface area contributed by atoms with Crippen molar-refractivity contribution in [3.8, 4) is 0 Å². The molecule has 0 aromatic heterocycles. The van der Waals surface area contributed by atoms with Crippen molar-refractivity contribution in [3.63, 3.8) is 0 Å². The first kappa shape index (κ1) is 15.4. The van der Waals surface area contributed by atoms with E-state index in [9.17, 15) is 9.59 Å². The SMILES string of the molecule is C=CC(=O)CCCCOC(=O)c1ccc(CCl)cc1. The van der Waals surface area contributed by atoms with Crippen LogP contribution in [0, 0.1) is 0 Å². The number of benzene rings is 1. The Balaban J connectivity index is 2.27. The quantitative estimate of drug-likeness (QED) is 0.317. The first-order valence-corrected chi connectivity index (χ1v) is 6.68. The molecule has 1 aromatic carbocycles. The van der Waals surface area contributed by atoms with E-state index in [1.54, 1.807) is 24.3 Å². The van der Waals surface area contributed by atoms with E-state index in [4.69, 9.17) is 16.3 Å². The van der Waals surface area contributed by atoms with Gasteiger partial charge in [0.2, 0.25) is 0 Å². The highest BCUT2D eigenvalue weighted by Gasteiger charge is 2.06. The first-order chi connectivity index (χ1) is 9.17. The predicted molar refractivity (Wildman–Crippen MR) is 75.3 cm³/mol. The molecule has 0 saturated heterocycles. The van der Waals surface area contributed by atoms with E-state index in [2.05, 4.69) is 6.58 Å². The molecule has 1 rings (SSSR count). The summed E-state index contributed by atoms with van der Waals surface area (Å²) in [6, 6.07) is 6.99. The van der Waals surface area contributed by atoms with Crippen LogP contribution in [0.3, 0.4) is 0 Å². The van der Waals surface area contributed by atoms with Crippen molar-refractivity contribution in [2.24, 2.45) is 0 Å². The highest BCUT2D eigenvalue weighted by Crippen LogP contribution is 2.08. The minimum atomic E-state index is -0.351. The Hall–Kier alpha value is -1.61. The molecular formula is C15H17ClO3. The van der Waals surface area contributed by atoms with E-state index >= 15 is 0 Å². The van der Waals surface area contributed by atoms with Crippen LogP contribution in [0.5, 0.6) is 0 Å². The maximum absolute atomic E-state index is 11.7. The van der Waals surface area contributed by atoms with Gasteiger partial charge in [-0.3, -0.25) is 4.79 Å². The van der Waals surface area contributed by atoms with Crippen LogP contribution in [0.2, 0.25) is 0 Å². The number of carbonyl (C=O) groups is 2. The van der Waals surface area contributed by atoms with Gasteiger partial charge in [-0.05, 0) is 36.6 Å². The van der Waals surface area contributed by atoms with Crippen LogP contribution in [-0.4, -0.2) is 18.4 Å². The predicted octanol–water partition coefficient (Wildman–Crippen LogP) is 3.51. The number of alkyl halides is 1. The van der Waals surface area contributed by atoms with Crippen molar-refractivity contribution in [2.45, 2.75) is 25.1 Å². The monoisotopic (exact) mass is 280 g/mol. The summed E-state index contributed by atoms with van der Waals surface area (Å²) in [4.78, 5) is 22.6. The van der Waals surface area contributed by atoms with Gasteiger partial charge in [-0.25, -0.2) is 4.79 Å². The number of rotatable bonds is 8. The standard InChI is InChI=1S/C15H17ClO3/c1-2-14(17)5-3-4-10-19-15(18)13-8-6-12(11-16)7-9-13/h2,6-9H,1,3-5,10-11H2. The molecule has 4 heteroatoms. The van der Waals surface area contributed by atoms with Gasteiger partial charge in [0.15, 0.2) is 5.78 Å². The lowest BCUT2D eigenvalue weighted by Crippen LogP contribution is -2.06. The molecule has 0 heterocycles. The van der Waals surface area contributed by atoms with Crippen molar-refractivity contribution in [2.75, 3.05) is 6.61 Å². The number of ketones is 1. The van der Waals surface area contributed by atoms with Gasteiger partial charge in [-0.1, -0.05) is 18.7 Å². The molecule has 0 aliphatic rings. The molecule has 19 heavy (non-hydrogen) atoms. The summed E-state index contributed by atoms with van der Waals surface area (Å²) in [6.45, 7) is 3.72. The van der Waals surface area contributed by atoms with E-state index in [0.29, 0.717) is 37.3 Å². The van der Waals surface area contributed by atoms with Crippen molar-refractivity contribution >= 4 is 23.4 Å². The maximum atomic E-state index is 11.7. The fourth-order valence-electron chi connectivity index (χ4n) is 1.48. The van der Waals surface area contributed by atoms with E-state index in [1.807, 2.05) is 0 Å². The smallest absolute Gasteiger partial charge is 0.338 e. The third-order valence-electron chi connectivity index (χ3n) is 2.62. The fourth-order valence-corrected chi connectivity index (χ4v) is 1.66. The molecule has 0 spiro atoms. The minimum absolute atomic E-state index is 0.0167. The van der Waals surface area contributed by atoms with Crippen LogP contribution < -0.4 is 0 Å². The van der Waals surface area contributed by atoms with Crippen LogP contribution >= 0.6 is 11.6 Å². The molecule has 0 aliphatic heterocycles. The Labute approximate surface area is 118 Å². The number of unbranched alkanes of at least 4 members (excludes halogenated alkanes) is 1. The topological polar surface area (TPSA) is 43.4 Å². The highest BCUT2D eigenvalue weighted by atomic mass is 35.5. The summed E-state index contributed by atoms with van der Waals surface area (Å²) in [6.07, 6.45) is 3.13. The Morgan fingerprint density at radius 1 is 1.21 bits per heavy atom. The number of hydrogen-bond donors (Lipinski definition) is 0. The summed E-state index contributed by atoms with van der Waals surface area (Å²) >= 11 is 5.66. The molecule has 0 radical (unpaired) electrons. The zero-order chi connectivity index (χ0) is 14.1. The maximum Gasteiger partial charge on any atom is 0.338 e. The normalized spacial score (nSPS) is 9.95. The first-order valence-electron chi connectivity index (χ1n) is 6.14. The van der Waals surface area contributed by atoms with Crippen LogP contribution in [0.25, 0.3) is 0 Å². The molecule has 0 N–H and O–H groups in total. The van der Waals surface area contributed by atoms with E-state index in [1.165, 1.54) is 6.08 Å². The number of halogens is 1. The molecule has 0 fully saturated rings. The third kappa shape index (κ3) is 5.71. The Bertz CT molecular complexity index is 437. The molecule has 0 saturated carbocycles. The lowest BCUT2D eigenvalue weighted by molar-refractivity contribution is -0.114. The van der Waals surface area contributed by atoms with Crippen LogP contribution in [0.1, 0.15) is 35.2 Å². The van der Waals surface area contributed by atoms with E-state index in [-0.39, 0.29) is 11.8 Å². The zero-order valence-electron chi connectivity index (χ0n) is 10.7. The summed E-state index contributed by atoms with van der Waals surface area (Å²) in [7, 11) is 0. The van der Waals surface area contributed by atoms with Gasteiger partial charge in [-0.15, -0.1) is 11.6 Å². The summed E-state index contributed by atoms with van der Waals surface area (Å²) < 4.78 is 5.11. The Kier molecular flexibility index (Phi) is 6.90. The molecule has 0 aliphatic carbocycles. The van der Waals surface area contributed by atoms with Crippen LogP contribution in [0.15, 0.2) is 36.9 Å². The molecule has 0 atom stereocenters. The summed E-state index contributed by atoms with van der Waals surface area (Å²) in [5.41, 5.74) is 1.47. The molecule has 0 bridgehead atoms. The number of hydrogen-bond acceptors (Lipinski definition) is 3. The Morgan fingerprint density at radius 3 is 2.47 bits per heavy atom. The number of allylic oxidation sites excluding steroid dienone is 1. The van der Waals surface area contributed by atoms with Crippen molar-refractivity contribution in [1.29, 1.82) is 0 Å². The van der Waals surface area contributed by atoms with Gasteiger partial charge in [0.25, 0.3) is 0 Å². The highest BCUT2D eigenvalue weighted by molar-refractivity contribution is 6.17. The molecule has 0 unspecified atom stereocenters. The molecule has 0 amide bonds. The van der Waals surface area contributed by atoms with Crippen molar-refractivity contribution in [1.82, 2.24) is 0 Å². The van der Waals surface area contributed by atoms with Crippen LogP contribution in [0.4, 0.5) is 0 Å². The van der Waals surface area contributed by atoms with Gasteiger partial charge in [0.1, 0.15) is 0 Å². The lowest BCUT2D eigenvalue weighted by Gasteiger charge is -2.05. The average molecular weight is 281 g/mol. The second kappa shape index (κ2) is 8.48.